The number of nitrogens with zero attached hydrogens (tertiary/aromatic N) is 2. The lowest BCUT2D eigenvalue weighted by molar-refractivity contribution is 0.263. The van der Waals surface area contributed by atoms with E-state index in [4.69, 9.17) is 0 Å². The minimum absolute atomic E-state index is 0.306. The van der Waals surface area contributed by atoms with Gasteiger partial charge >= 0.3 is 0 Å². The van der Waals surface area contributed by atoms with Gasteiger partial charge < -0.3 is 4.90 Å². The monoisotopic (exact) mass is 382 g/mol. The molecule has 1 aliphatic rings. The second kappa shape index (κ2) is 7.91. The van der Waals surface area contributed by atoms with E-state index in [2.05, 4.69) is 94.5 Å². The molecule has 0 spiro atoms. The molecule has 2 unspecified atom stereocenters. The highest BCUT2D eigenvalue weighted by Crippen LogP contribution is 2.31. The van der Waals surface area contributed by atoms with Crippen molar-refractivity contribution in [3.8, 4) is 0 Å². The SMILES string of the molecule is CN(Cc1cccc2cnccc12)CC1CNNC1c1cccc2ccccc12. The van der Waals surface area contributed by atoms with E-state index in [-0.39, 0.29) is 0 Å². The molecule has 5 rings (SSSR count). The Morgan fingerprint density at radius 3 is 2.72 bits per heavy atom. The number of hydrogen-bond donors (Lipinski definition) is 2. The van der Waals surface area contributed by atoms with Crippen molar-refractivity contribution < 1.29 is 0 Å². The third-order valence-corrected chi connectivity index (χ3v) is 6.01. The number of pyridine rings is 1. The van der Waals surface area contributed by atoms with Crippen LogP contribution in [0, 0.1) is 5.92 Å². The maximum absolute atomic E-state index is 4.25. The Kier molecular flexibility index (Phi) is 4.98. The largest absolute Gasteiger partial charge is 0.302 e. The maximum Gasteiger partial charge on any atom is 0.0521 e. The second-order valence-electron chi connectivity index (χ2n) is 8.04. The summed E-state index contributed by atoms with van der Waals surface area (Å²) in [6.07, 6.45) is 3.83. The third-order valence-electron chi connectivity index (χ3n) is 6.01. The van der Waals surface area contributed by atoms with Crippen molar-refractivity contribution in [2.45, 2.75) is 12.6 Å². The van der Waals surface area contributed by atoms with E-state index >= 15 is 0 Å². The molecule has 4 heteroatoms. The van der Waals surface area contributed by atoms with Crippen LogP contribution >= 0.6 is 0 Å². The fourth-order valence-electron chi connectivity index (χ4n) is 4.64. The Morgan fingerprint density at radius 2 is 1.76 bits per heavy atom. The van der Waals surface area contributed by atoms with Crippen LogP contribution < -0.4 is 10.9 Å². The molecule has 0 bridgehead atoms. The van der Waals surface area contributed by atoms with Crippen LogP contribution in [0.5, 0.6) is 0 Å². The molecule has 146 valence electrons. The van der Waals surface area contributed by atoms with Crippen LogP contribution in [0.3, 0.4) is 0 Å². The van der Waals surface area contributed by atoms with Crippen LogP contribution in [-0.4, -0.2) is 30.0 Å². The van der Waals surface area contributed by atoms with Crippen LogP contribution in [0.2, 0.25) is 0 Å². The van der Waals surface area contributed by atoms with Crippen molar-refractivity contribution in [3.63, 3.8) is 0 Å². The average Bonchev–Trinajstić information content (AvgIpc) is 3.21. The van der Waals surface area contributed by atoms with Crippen molar-refractivity contribution in [3.05, 3.63) is 90.3 Å². The van der Waals surface area contributed by atoms with E-state index in [1.54, 1.807) is 0 Å². The van der Waals surface area contributed by atoms with Gasteiger partial charge in [0.1, 0.15) is 0 Å². The fourth-order valence-corrected chi connectivity index (χ4v) is 4.64. The molecule has 1 saturated heterocycles. The standard InChI is InChI=1S/C25H26N4/c1-29(16-20-9-4-8-19-14-26-13-12-22(19)20)17-21-15-27-28-25(21)24-11-5-7-18-6-2-3-10-23(18)24/h2-14,21,25,27-28H,15-17H2,1H3. The Labute approximate surface area is 171 Å². The molecule has 2 atom stereocenters. The second-order valence-corrected chi connectivity index (χ2v) is 8.04. The summed E-state index contributed by atoms with van der Waals surface area (Å²) in [5.41, 5.74) is 9.66. The van der Waals surface area contributed by atoms with E-state index in [1.807, 2.05) is 12.4 Å². The lowest BCUT2D eigenvalue weighted by Crippen LogP contribution is -2.30. The molecule has 2 heterocycles. The zero-order chi connectivity index (χ0) is 19.6. The number of hydrazine groups is 1. The summed E-state index contributed by atoms with van der Waals surface area (Å²) < 4.78 is 0. The molecule has 1 aromatic heterocycles. The van der Waals surface area contributed by atoms with Crippen LogP contribution in [0.4, 0.5) is 0 Å². The van der Waals surface area contributed by atoms with Crippen molar-refractivity contribution in [2.75, 3.05) is 20.1 Å². The molecule has 0 aliphatic carbocycles. The molecule has 4 aromatic rings. The molecule has 0 amide bonds. The number of fused-ring (bicyclic) bond motifs is 2. The van der Waals surface area contributed by atoms with Gasteiger partial charge in [0.2, 0.25) is 0 Å². The normalized spacial score (nSPS) is 19.4. The summed E-state index contributed by atoms with van der Waals surface area (Å²) in [6, 6.07) is 24.2. The minimum atomic E-state index is 0.306. The first-order valence-electron chi connectivity index (χ1n) is 10.3. The maximum atomic E-state index is 4.25. The molecular weight excluding hydrogens is 356 g/mol. The summed E-state index contributed by atoms with van der Waals surface area (Å²) >= 11 is 0. The average molecular weight is 383 g/mol. The van der Waals surface area contributed by atoms with Gasteiger partial charge in [-0.2, -0.15) is 0 Å². The molecule has 3 aromatic carbocycles. The van der Waals surface area contributed by atoms with Crippen molar-refractivity contribution >= 4 is 21.5 Å². The smallest absolute Gasteiger partial charge is 0.0521 e. The zero-order valence-corrected chi connectivity index (χ0v) is 16.7. The highest BCUT2D eigenvalue weighted by atomic mass is 15.4. The summed E-state index contributed by atoms with van der Waals surface area (Å²) in [5, 5.41) is 5.14. The predicted molar refractivity (Wildman–Crippen MR) is 119 cm³/mol. The van der Waals surface area contributed by atoms with E-state index in [0.717, 1.165) is 19.6 Å². The molecule has 0 saturated carbocycles. The van der Waals surface area contributed by atoms with E-state index in [9.17, 15) is 0 Å². The minimum Gasteiger partial charge on any atom is -0.302 e. The van der Waals surface area contributed by atoms with E-state index in [0.29, 0.717) is 12.0 Å². The Bertz CT molecular complexity index is 1130. The summed E-state index contributed by atoms with van der Waals surface area (Å²) in [6.45, 7) is 2.92. The van der Waals surface area contributed by atoms with Gasteiger partial charge in [0.05, 0.1) is 6.04 Å². The third kappa shape index (κ3) is 3.62. The van der Waals surface area contributed by atoms with Crippen LogP contribution in [-0.2, 0) is 6.54 Å². The quantitative estimate of drug-likeness (QED) is 0.540. The lowest BCUT2D eigenvalue weighted by atomic mass is 9.90. The lowest BCUT2D eigenvalue weighted by Gasteiger charge is -2.26. The van der Waals surface area contributed by atoms with Crippen LogP contribution in [0.15, 0.2) is 79.1 Å². The molecule has 4 nitrogen and oxygen atoms in total. The first kappa shape index (κ1) is 18.3. The van der Waals surface area contributed by atoms with Crippen molar-refractivity contribution in [1.29, 1.82) is 0 Å². The van der Waals surface area contributed by atoms with Crippen LogP contribution in [0.25, 0.3) is 21.5 Å². The van der Waals surface area contributed by atoms with Gasteiger partial charge in [-0.3, -0.25) is 10.4 Å². The number of aromatic nitrogens is 1. The number of hydrogen-bond acceptors (Lipinski definition) is 4. The van der Waals surface area contributed by atoms with E-state index < -0.39 is 0 Å². The highest BCUT2D eigenvalue weighted by Gasteiger charge is 2.30. The van der Waals surface area contributed by atoms with Crippen molar-refractivity contribution in [2.24, 2.45) is 5.92 Å². The topological polar surface area (TPSA) is 40.2 Å². The first-order chi connectivity index (χ1) is 14.3. The highest BCUT2D eigenvalue weighted by molar-refractivity contribution is 5.86. The fraction of sp³-hybridized carbons (Fsp3) is 0.240. The Hall–Kier alpha value is -2.79. The Balaban J connectivity index is 1.36. The molecular formula is C25H26N4. The van der Waals surface area contributed by atoms with Gasteiger partial charge in [0.25, 0.3) is 0 Å². The summed E-state index contributed by atoms with van der Waals surface area (Å²) in [4.78, 5) is 6.69. The summed E-state index contributed by atoms with van der Waals surface area (Å²) in [5.74, 6) is 0.502. The Morgan fingerprint density at radius 1 is 0.931 bits per heavy atom. The molecule has 29 heavy (non-hydrogen) atoms. The predicted octanol–water partition coefficient (Wildman–Crippen LogP) is 4.29. The zero-order valence-electron chi connectivity index (χ0n) is 16.7. The van der Waals surface area contributed by atoms with E-state index in [1.165, 1.54) is 32.7 Å². The van der Waals surface area contributed by atoms with Crippen molar-refractivity contribution in [1.82, 2.24) is 20.7 Å². The van der Waals surface area contributed by atoms with Gasteiger partial charge in [-0.25, -0.2) is 5.43 Å². The van der Waals surface area contributed by atoms with Gasteiger partial charge in [0.15, 0.2) is 0 Å². The van der Waals surface area contributed by atoms with Gasteiger partial charge in [-0.1, -0.05) is 60.7 Å². The summed E-state index contributed by atoms with van der Waals surface area (Å²) in [7, 11) is 2.22. The number of benzene rings is 3. The van der Waals surface area contributed by atoms with Crippen LogP contribution in [0.1, 0.15) is 17.2 Å². The number of rotatable bonds is 5. The van der Waals surface area contributed by atoms with Gasteiger partial charge in [-0.05, 0) is 40.4 Å². The molecule has 1 fully saturated rings. The first-order valence-corrected chi connectivity index (χ1v) is 10.3. The van der Waals surface area contributed by atoms with Gasteiger partial charge in [0, 0.05) is 43.3 Å². The molecule has 0 radical (unpaired) electrons. The molecule has 2 N–H and O–H groups in total. The number of nitrogens with one attached hydrogen (secondary N) is 2. The molecule has 1 aliphatic heterocycles. The van der Waals surface area contributed by atoms with Gasteiger partial charge in [-0.15, -0.1) is 0 Å².